The third-order valence-electron chi connectivity index (χ3n) is 5.15. The summed E-state index contributed by atoms with van der Waals surface area (Å²) in [5.41, 5.74) is 1.76. The molecule has 1 saturated heterocycles. The Labute approximate surface area is 180 Å². The molecular weight excluding hydrogens is 400 g/mol. The lowest BCUT2D eigenvalue weighted by Gasteiger charge is -2.33. The number of carbonyl (C=O) groups excluding carboxylic acids is 1. The molecule has 1 N–H and O–H groups in total. The lowest BCUT2D eigenvalue weighted by molar-refractivity contribution is -0.120. The van der Waals surface area contributed by atoms with E-state index in [9.17, 15) is 4.79 Å². The van der Waals surface area contributed by atoms with Crippen LogP contribution in [-0.2, 0) is 4.79 Å². The molecule has 1 fully saturated rings. The predicted octanol–water partition coefficient (Wildman–Crippen LogP) is 5.09. The molecule has 1 aliphatic heterocycles. The van der Waals surface area contributed by atoms with E-state index >= 15 is 0 Å². The van der Waals surface area contributed by atoms with Crippen molar-refractivity contribution < 1.29 is 9.53 Å². The molecule has 0 aliphatic carbocycles. The fourth-order valence-corrected chi connectivity index (χ4v) is 3.67. The Morgan fingerprint density at radius 3 is 2.70 bits per heavy atom. The number of nitrogens with one attached hydrogen (secondary N) is 1. The second-order valence-electron chi connectivity index (χ2n) is 7.33. The third kappa shape index (κ3) is 4.71. The van der Waals surface area contributed by atoms with Crippen LogP contribution in [0.1, 0.15) is 18.4 Å². The molecule has 3 aromatic rings. The molecule has 6 nitrogen and oxygen atoms in total. The van der Waals surface area contributed by atoms with Crippen LogP contribution in [0.3, 0.4) is 0 Å². The van der Waals surface area contributed by atoms with Gasteiger partial charge >= 0.3 is 0 Å². The molecule has 1 aromatic heterocycles. The van der Waals surface area contributed by atoms with Crippen LogP contribution in [0.4, 0.5) is 11.5 Å². The number of ether oxygens (including phenoxy) is 1. The fourth-order valence-electron chi connectivity index (χ4n) is 3.54. The number of rotatable bonds is 5. The largest absolute Gasteiger partial charge is 0.436 e. The Hall–Kier alpha value is -3.12. The number of amides is 1. The molecule has 0 radical (unpaired) electrons. The second kappa shape index (κ2) is 9.13. The molecule has 1 atom stereocenters. The zero-order valence-electron chi connectivity index (χ0n) is 16.7. The minimum atomic E-state index is -0.150. The highest BCUT2D eigenvalue weighted by Crippen LogP contribution is 2.32. The van der Waals surface area contributed by atoms with Gasteiger partial charge in [-0.2, -0.15) is 0 Å². The van der Waals surface area contributed by atoms with Gasteiger partial charge < -0.3 is 15.0 Å². The van der Waals surface area contributed by atoms with Crippen molar-refractivity contribution in [2.75, 3.05) is 23.3 Å². The first-order valence-corrected chi connectivity index (χ1v) is 10.3. The van der Waals surface area contributed by atoms with Crippen molar-refractivity contribution in [2.45, 2.75) is 19.8 Å². The molecular formula is C23H23ClN4O2. The Balaban J connectivity index is 1.49. The van der Waals surface area contributed by atoms with E-state index < -0.39 is 0 Å². The van der Waals surface area contributed by atoms with Crippen LogP contribution < -0.4 is 15.0 Å². The van der Waals surface area contributed by atoms with Gasteiger partial charge in [-0.05, 0) is 55.7 Å². The molecule has 7 heteroatoms. The van der Waals surface area contributed by atoms with Gasteiger partial charge in [0.2, 0.25) is 5.91 Å². The summed E-state index contributed by atoms with van der Waals surface area (Å²) in [5.74, 6) is 1.69. The van der Waals surface area contributed by atoms with Crippen molar-refractivity contribution in [3.63, 3.8) is 0 Å². The standard InChI is InChI=1S/C23H23ClN4O2/c1-16-5-2-3-7-20(16)30-23-21(25-12-13-26-23)28-14-4-6-17(15-28)22(29)27-19-10-8-18(24)9-11-19/h2-3,5,7-13,17H,4,6,14-15H2,1H3,(H,27,29)/t17-/m0/s1. The van der Waals surface area contributed by atoms with E-state index in [0.29, 0.717) is 23.3 Å². The summed E-state index contributed by atoms with van der Waals surface area (Å²) >= 11 is 5.92. The second-order valence-corrected chi connectivity index (χ2v) is 7.77. The van der Waals surface area contributed by atoms with Crippen LogP contribution in [0, 0.1) is 12.8 Å². The zero-order valence-corrected chi connectivity index (χ0v) is 17.5. The smallest absolute Gasteiger partial charge is 0.263 e. The zero-order chi connectivity index (χ0) is 20.9. The number of carbonyl (C=O) groups is 1. The van der Waals surface area contributed by atoms with Crippen molar-refractivity contribution in [1.29, 1.82) is 0 Å². The van der Waals surface area contributed by atoms with Gasteiger partial charge in [-0.1, -0.05) is 29.8 Å². The third-order valence-corrected chi connectivity index (χ3v) is 5.40. The summed E-state index contributed by atoms with van der Waals surface area (Å²) in [5, 5.41) is 3.62. The average molecular weight is 423 g/mol. The SMILES string of the molecule is Cc1ccccc1Oc1nccnc1N1CCC[C@H](C(=O)Nc2ccc(Cl)cc2)C1. The van der Waals surface area contributed by atoms with E-state index in [1.54, 1.807) is 36.7 Å². The number of hydrogen-bond donors (Lipinski definition) is 1. The summed E-state index contributed by atoms with van der Waals surface area (Å²) in [4.78, 5) is 23.8. The van der Waals surface area contributed by atoms with Crippen LogP contribution in [-0.4, -0.2) is 29.0 Å². The topological polar surface area (TPSA) is 67.4 Å². The summed E-state index contributed by atoms with van der Waals surface area (Å²) < 4.78 is 6.07. The molecule has 0 saturated carbocycles. The number of halogens is 1. The molecule has 0 bridgehead atoms. The van der Waals surface area contributed by atoms with Crippen LogP contribution in [0.15, 0.2) is 60.9 Å². The minimum absolute atomic E-state index is 0.00714. The van der Waals surface area contributed by atoms with Crippen molar-refractivity contribution in [2.24, 2.45) is 5.92 Å². The van der Waals surface area contributed by atoms with E-state index in [2.05, 4.69) is 20.2 Å². The molecule has 4 rings (SSSR count). The van der Waals surface area contributed by atoms with Crippen LogP contribution in [0.5, 0.6) is 11.6 Å². The molecule has 0 unspecified atom stereocenters. The van der Waals surface area contributed by atoms with Crippen molar-refractivity contribution in [3.8, 4) is 11.6 Å². The molecule has 1 amide bonds. The predicted molar refractivity (Wildman–Crippen MR) is 118 cm³/mol. The van der Waals surface area contributed by atoms with Gasteiger partial charge in [0, 0.05) is 36.2 Å². The Morgan fingerprint density at radius 2 is 1.90 bits per heavy atom. The van der Waals surface area contributed by atoms with Gasteiger partial charge in [0.15, 0.2) is 5.82 Å². The summed E-state index contributed by atoms with van der Waals surface area (Å²) in [6, 6.07) is 14.9. The van der Waals surface area contributed by atoms with Gasteiger partial charge in [0.1, 0.15) is 5.75 Å². The Morgan fingerprint density at radius 1 is 1.13 bits per heavy atom. The van der Waals surface area contributed by atoms with Gasteiger partial charge in [-0.15, -0.1) is 0 Å². The highest BCUT2D eigenvalue weighted by atomic mass is 35.5. The summed E-state index contributed by atoms with van der Waals surface area (Å²) in [6.45, 7) is 3.35. The molecule has 2 aromatic carbocycles. The number of aryl methyl sites for hydroxylation is 1. The number of nitrogens with zero attached hydrogens (tertiary/aromatic N) is 3. The van der Waals surface area contributed by atoms with Gasteiger partial charge in [-0.25, -0.2) is 9.97 Å². The number of para-hydroxylation sites is 1. The van der Waals surface area contributed by atoms with E-state index in [1.165, 1.54) is 0 Å². The van der Waals surface area contributed by atoms with Gasteiger partial charge in [0.05, 0.1) is 5.92 Å². The maximum Gasteiger partial charge on any atom is 0.263 e. The molecule has 30 heavy (non-hydrogen) atoms. The monoisotopic (exact) mass is 422 g/mol. The lowest BCUT2D eigenvalue weighted by Crippen LogP contribution is -2.41. The highest BCUT2D eigenvalue weighted by Gasteiger charge is 2.28. The summed E-state index contributed by atoms with van der Waals surface area (Å²) in [7, 11) is 0. The number of aromatic nitrogens is 2. The van der Waals surface area contributed by atoms with Crippen LogP contribution >= 0.6 is 11.6 Å². The fraction of sp³-hybridized carbons (Fsp3) is 0.261. The first-order chi connectivity index (χ1) is 14.6. The molecule has 2 heterocycles. The maximum atomic E-state index is 12.8. The van der Waals surface area contributed by atoms with E-state index in [0.717, 1.165) is 36.4 Å². The first-order valence-electron chi connectivity index (χ1n) is 9.96. The van der Waals surface area contributed by atoms with Crippen LogP contribution in [0.2, 0.25) is 5.02 Å². The van der Waals surface area contributed by atoms with Crippen molar-refractivity contribution in [3.05, 3.63) is 71.5 Å². The number of hydrogen-bond acceptors (Lipinski definition) is 5. The highest BCUT2D eigenvalue weighted by molar-refractivity contribution is 6.30. The molecule has 0 spiro atoms. The van der Waals surface area contributed by atoms with Gasteiger partial charge in [-0.3, -0.25) is 4.79 Å². The van der Waals surface area contributed by atoms with Crippen LogP contribution in [0.25, 0.3) is 0 Å². The number of benzene rings is 2. The molecule has 154 valence electrons. The van der Waals surface area contributed by atoms with Crippen molar-refractivity contribution in [1.82, 2.24) is 9.97 Å². The normalized spacial score (nSPS) is 16.2. The maximum absolute atomic E-state index is 12.8. The molecule has 1 aliphatic rings. The Kier molecular flexibility index (Phi) is 6.14. The minimum Gasteiger partial charge on any atom is -0.436 e. The average Bonchev–Trinajstić information content (AvgIpc) is 2.77. The number of anilines is 2. The number of piperidine rings is 1. The van der Waals surface area contributed by atoms with Gasteiger partial charge in [0.25, 0.3) is 5.88 Å². The van der Waals surface area contributed by atoms with E-state index in [1.807, 2.05) is 31.2 Å². The lowest BCUT2D eigenvalue weighted by atomic mass is 9.97. The van der Waals surface area contributed by atoms with E-state index in [-0.39, 0.29) is 11.8 Å². The Bertz CT molecular complexity index is 1030. The summed E-state index contributed by atoms with van der Waals surface area (Å²) in [6.07, 6.45) is 4.98. The quantitative estimate of drug-likeness (QED) is 0.620. The van der Waals surface area contributed by atoms with Crippen molar-refractivity contribution >= 4 is 29.0 Å². The van der Waals surface area contributed by atoms with E-state index in [4.69, 9.17) is 16.3 Å². The first kappa shape index (κ1) is 20.2.